The van der Waals surface area contributed by atoms with Gasteiger partial charge in [-0.15, -0.1) is 0 Å². The molecule has 0 atom stereocenters. The molecule has 1 saturated carbocycles. The highest BCUT2D eigenvalue weighted by Crippen LogP contribution is 2.25. The van der Waals surface area contributed by atoms with Gasteiger partial charge in [0.1, 0.15) is 0 Å². The molecule has 4 rings (SSSR count). The highest BCUT2D eigenvalue weighted by atomic mass is 32.2. The molecule has 0 spiro atoms. The van der Waals surface area contributed by atoms with E-state index in [1.165, 1.54) is 49.6 Å². The normalized spacial score (nSPS) is 18.6. The zero-order valence-electron chi connectivity index (χ0n) is 16.9. The number of rotatable bonds is 6. The minimum atomic E-state index is -0.00509. The van der Waals surface area contributed by atoms with E-state index in [0.29, 0.717) is 5.75 Å². The summed E-state index contributed by atoms with van der Waals surface area (Å²) in [5.74, 6) is 0.358. The zero-order valence-corrected chi connectivity index (χ0v) is 17.7. The Morgan fingerprint density at radius 3 is 2.45 bits per heavy atom. The monoisotopic (exact) mass is 410 g/mol. The summed E-state index contributed by atoms with van der Waals surface area (Å²) < 4.78 is 0. The Kier molecular flexibility index (Phi) is 7.06. The topological polar surface area (TPSA) is 48.5 Å². The lowest BCUT2D eigenvalue weighted by atomic mass is 9.94. The lowest BCUT2D eigenvalue weighted by molar-refractivity contribution is -0.113. The van der Waals surface area contributed by atoms with Crippen molar-refractivity contribution in [1.82, 2.24) is 9.88 Å². The smallest absolute Gasteiger partial charge is 0.234 e. The van der Waals surface area contributed by atoms with Crippen molar-refractivity contribution in [3.63, 3.8) is 0 Å². The fourth-order valence-corrected chi connectivity index (χ4v) is 4.98. The first-order chi connectivity index (χ1) is 14.3. The molecule has 2 aromatic rings. The molecular weight excluding hydrogens is 380 g/mol. The van der Waals surface area contributed by atoms with E-state index in [0.717, 1.165) is 42.9 Å². The van der Waals surface area contributed by atoms with Crippen molar-refractivity contribution < 1.29 is 4.79 Å². The Morgan fingerprint density at radius 2 is 1.76 bits per heavy atom. The molecule has 2 aliphatic rings. The van der Waals surface area contributed by atoms with Crippen LogP contribution in [-0.4, -0.2) is 53.8 Å². The molecule has 154 valence electrons. The molecule has 1 N–H and O–H groups in total. The highest BCUT2D eigenvalue weighted by molar-refractivity contribution is 7.99. The van der Waals surface area contributed by atoms with Gasteiger partial charge in [-0.1, -0.05) is 37.1 Å². The van der Waals surface area contributed by atoms with Crippen LogP contribution < -0.4 is 10.2 Å². The number of hydrogen-bond acceptors (Lipinski definition) is 5. The molecule has 6 heteroatoms. The van der Waals surface area contributed by atoms with Crippen molar-refractivity contribution in [2.24, 2.45) is 0 Å². The average molecular weight is 411 g/mol. The van der Waals surface area contributed by atoms with Crippen LogP contribution in [0.4, 0.5) is 11.4 Å². The van der Waals surface area contributed by atoms with Gasteiger partial charge in [0, 0.05) is 49.8 Å². The maximum Gasteiger partial charge on any atom is 0.234 e. The largest absolute Gasteiger partial charge is 0.369 e. The van der Waals surface area contributed by atoms with Gasteiger partial charge in [0.25, 0.3) is 0 Å². The standard InChI is InChI=1S/C23H30N4OS/c28-22(18-29-23-8-4-5-13-24-23)25-19-9-11-21(12-10-19)27-16-14-26(15-17-27)20-6-2-1-3-7-20/h4-5,8-13,20H,1-3,6-7,14-18H2,(H,25,28). The Balaban J connectivity index is 1.23. The SMILES string of the molecule is O=C(CSc1ccccn1)Nc1ccc(N2CCN(C3CCCCC3)CC2)cc1. The molecule has 5 nitrogen and oxygen atoms in total. The number of carbonyl (C=O) groups is 1. The van der Waals surface area contributed by atoms with E-state index in [4.69, 9.17) is 0 Å². The predicted octanol–water partition coefficient (Wildman–Crippen LogP) is 4.27. The number of piperazine rings is 1. The van der Waals surface area contributed by atoms with Crippen LogP contribution in [0.1, 0.15) is 32.1 Å². The van der Waals surface area contributed by atoms with Crippen molar-refractivity contribution in [2.75, 3.05) is 42.1 Å². The second kappa shape index (κ2) is 10.1. The van der Waals surface area contributed by atoms with Gasteiger partial charge in [-0.3, -0.25) is 9.69 Å². The highest BCUT2D eigenvalue weighted by Gasteiger charge is 2.25. The number of aromatic nitrogens is 1. The molecule has 0 bridgehead atoms. The van der Waals surface area contributed by atoms with Crippen LogP contribution in [0, 0.1) is 0 Å². The first kappa shape index (κ1) is 20.2. The second-order valence-electron chi connectivity index (χ2n) is 7.87. The summed E-state index contributed by atoms with van der Waals surface area (Å²) in [6, 6.07) is 14.8. The lowest BCUT2D eigenvalue weighted by Gasteiger charge is -2.41. The third kappa shape index (κ3) is 5.73. The molecule has 1 aromatic carbocycles. The number of pyridine rings is 1. The number of benzene rings is 1. The maximum absolute atomic E-state index is 12.2. The number of anilines is 2. The molecule has 1 saturated heterocycles. The van der Waals surface area contributed by atoms with Crippen molar-refractivity contribution in [2.45, 2.75) is 43.2 Å². The van der Waals surface area contributed by atoms with E-state index < -0.39 is 0 Å². The number of nitrogens with zero attached hydrogens (tertiary/aromatic N) is 3. The lowest BCUT2D eigenvalue weighted by Crippen LogP contribution is -2.50. The van der Waals surface area contributed by atoms with E-state index in [-0.39, 0.29) is 5.91 Å². The quantitative estimate of drug-likeness (QED) is 0.721. The van der Waals surface area contributed by atoms with Gasteiger partial charge < -0.3 is 10.2 Å². The Hall–Kier alpha value is -2.05. The summed E-state index contributed by atoms with van der Waals surface area (Å²) in [4.78, 5) is 21.6. The van der Waals surface area contributed by atoms with E-state index in [2.05, 4.69) is 32.2 Å². The molecule has 1 amide bonds. The fraction of sp³-hybridized carbons (Fsp3) is 0.478. The summed E-state index contributed by atoms with van der Waals surface area (Å²) in [6.45, 7) is 4.49. The van der Waals surface area contributed by atoms with Gasteiger partial charge in [-0.25, -0.2) is 4.98 Å². The Labute approximate surface area is 177 Å². The number of hydrogen-bond donors (Lipinski definition) is 1. The van der Waals surface area contributed by atoms with Crippen LogP contribution in [0.2, 0.25) is 0 Å². The summed E-state index contributed by atoms with van der Waals surface area (Å²) in [5.41, 5.74) is 2.09. The molecule has 29 heavy (non-hydrogen) atoms. The Morgan fingerprint density at radius 1 is 1.00 bits per heavy atom. The molecule has 0 unspecified atom stereocenters. The van der Waals surface area contributed by atoms with Crippen LogP contribution in [0.15, 0.2) is 53.7 Å². The average Bonchev–Trinajstić information content (AvgIpc) is 2.80. The molecule has 1 aromatic heterocycles. The van der Waals surface area contributed by atoms with Crippen molar-refractivity contribution >= 4 is 29.0 Å². The van der Waals surface area contributed by atoms with Crippen LogP contribution in [-0.2, 0) is 4.79 Å². The van der Waals surface area contributed by atoms with E-state index in [9.17, 15) is 4.79 Å². The van der Waals surface area contributed by atoms with Crippen LogP contribution in [0.25, 0.3) is 0 Å². The molecule has 0 radical (unpaired) electrons. The predicted molar refractivity (Wildman–Crippen MR) is 121 cm³/mol. The maximum atomic E-state index is 12.2. The van der Waals surface area contributed by atoms with E-state index in [1.54, 1.807) is 6.20 Å². The van der Waals surface area contributed by atoms with Gasteiger partial charge in [0.05, 0.1) is 10.8 Å². The number of thioether (sulfide) groups is 1. The zero-order chi connectivity index (χ0) is 19.9. The number of nitrogens with one attached hydrogen (secondary N) is 1. The molecule has 2 heterocycles. The summed E-state index contributed by atoms with van der Waals surface area (Å²) >= 11 is 1.45. The van der Waals surface area contributed by atoms with Gasteiger partial charge in [-0.2, -0.15) is 0 Å². The van der Waals surface area contributed by atoms with Crippen molar-refractivity contribution in [3.8, 4) is 0 Å². The Bertz CT molecular complexity index is 769. The first-order valence-corrected chi connectivity index (χ1v) is 11.7. The molecule has 1 aliphatic heterocycles. The van der Waals surface area contributed by atoms with Gasteiger partial charge >= 0.3 is 0 Å². The second-order valence-corrected chi connectivity index (χ2v) is 8.86. The number of amides is 1. The van der Waals surface area contributed by atoms with E-state index >= 15 is 0 Å². The molecule has 2 fully saturated rings. The minimum absolute atomic E-state index is 0.00509. The molecule has 1 aliphatic carbocycles. The summed E-state index contributed by atoms with van der Waals surface area (Å²) in [6.07, 6.45) is 8.73. The van der Waals surface area contributed by atoms with Gasteiger partial charge in [-0.05, 0) is 49.2 Å². The first-order valence-electron chi connectivity index (χ1n) is 10.7. The van der Waals surface area contributed by atoms with Crippen molar-refractivity contribution in [1.29, 1.82) is 0 Å². The van der Waals surface area contributed by atoms with Crippen LogP contribution in [0.5, 0.6) is 0 Å². The van der Waals surface area contributed by atoms with Gasteiger partial charge in [0.15, 0.2) is 0 Å². The van der Waals surface area contributed by atoms with Crippen LogP contribution in [0.3, 0.4) is 0 Å². The third-order valence-electron chi connectivity index (χ3n) is 5.91. The summed E-state index contributed by atoms with van der Waals surface area (Å²) in [7, 11) is 0. The van der Waals surface area contributed by atoms with E-state index in [1.807, 2.05) is 30.3 Å². The van der Waals surface area contributed by atoms with Gasteiger partial charge in [0.2, 0.25) is 5.91 Å². The molecular formula is C23H30N4OS. The van der Waals surface area contributed by atoms with Crippen LogP contribution >= 0.6 is 11.8 Å². The van der Waals surface area contributed by atoms with Crippen molar-refractivity contribution in [3.05, 3.63) is 48.7 Å². The number of carbonyl (C=O) groups excluding carboxylic acids is 1. The fourth-order valence-electron chi connectivity index (χ4n) is 4.32. The summed E-state index contributed by atoms with van der Waals surface area (Å²) in [5, 5.41) is 3.84. The third-order valence-corrected chi connectivity index (χ3v) is 6.85. The minimum Gasteiger partial charge on any atom is -0.369 e.